The van der Waals surface area contributed by atoms with E-state index in [2.05, 4.69) is 15.4 Å². The minimum Gasteiger partial charge on any atom is -0.493 e. The van der Waals surface area contributed by atoms with Gasteiger partial charge in [0.15, 0.2) is 0 Å². The molecule has 1 fully saturated rings. The highest BCUT2D eigenvalue weighted by Gasteiger charge is 2.26. The second-order valence-electron chi connectivity index (χ2n) is 11.9. The summed E-state index contributed by atoms with van der Waals surface area (Å²) in [4.78, 5) is 37.3. The van der Waals surface area contributed by atoms with E-state index in [0.29, 0.717) is 18.6 Å². The number of benzene rings is 2. The first-order valence-corrected chi connectivity index (χ1v) is 15.9. The Bertz CT molecular complexity index is 1100. The number of esters is 1. The van der Waals surface area contributed by atoms with Crippen LogP contribution in [0.15, 0.2) is 54.6 Å². The Balaban J connectivity index is 1.61. The fourth-order valence-corrected chi connectivity index (χ4v) is 5.78. The molecule has 2 amide bonds. The molecule has 3 N–H and O–H groups in total. The first-order chi connectivity index (χ1) is 20.8. The largest absolute Gasteiger partial charge is 0.493 e. The lowest BCUT2D eigenvalue weighted by Crippen LogP contribution is -2.48. The zero-order chi connectivity index (χ0) is 30.9. The van der Waals surface area contributed by atoms with Gasteiger partial charge in [-0.2, -0.15) is 0 Å². The SMILES string of the molecule is COC(=O)CCC(=O)NC(CCCC1CCCCC1)C[C@H](O)C(Cc1ccccc1)NC(=O)CCOc1ccc(C)cc1. The van der Waals surface area contributed by atoms with E-state index in [1.807, 2.05) is 61.5 Å². The number of nitrogens with one attached hydrogen (secondary N) is 2. The summed E-state index contributed by atoms with van der Waals surface area (Å²) in [6, 6.07) is 16.6. The molecule has 43 heavy (non-hydrogen) atoms. The molecular formula is C35H50N2O6. The highest BCUT2D eigenvalue weighted by Crippen LogP contribution is 2.28. The Kier molecular flexibility index (Phi) is 15.1. The Morgan fingerprint density at radius 2 is 1.60 bits per heavy atom. The number of hydrogen-bond donors (Lipinski definition) is 3. The molecule has 0 radical (unpaired) electrons. The molecule has 3 rings (SSSR count). The number of aryl methyl sites for hydroxylation is 1. The molecular weight excluding hydrogens is 544 g/mol. The summed E-state index contributed by atoms with van der Waals surface area (Å²) in [6.45, 7) is 2.23. The van der Waals surface area contributed by atoms with Gasteiger partial charge in [0.25, 0.3) is 0 Å². The van der Waals surface area contributed by atoms with Gasteiger partial charge in [-0.05, 0) is 49.8 Å². The Hall–Kier alpha value is -3.39. The summed E-state index contributed by atoms with van der Waals surface area (Å²) in [6.07, 6.45) is 9.26. The highest BCUT2D eigenvalue weighted by molar-refractivity contribution is 5.81. The lowest BCUT2D eigenvalue weighted by atomic mass is 9.85. The number of methoxy groups -OCH3 is 1. The van der Waals surface area contributed by atoms with Crippen molar-refractivity contribution >= 4 is 17.8 Å². The van der Waals surface area contributed by atoms with E-state index >= 15 is 0 Å². The fourth-order valence-electron chi connectivity index (χ4n) is 5.78. The maximum atomic E-state index is 13.0. The molecule has 2 aromatic carbocycles. The molecule has 8 heteroatoms. The zero-order valence-electron chi connectivity index (χ0n) is 25.9. The van der Waals surface area contributed by atoms with Crippen LogP contribution >= 0.6 is 0 Å². The van der Waals surface area contributed by atoms with E-state index in [9.17, 15) is 19.5 Å². The van der Waals surface area contributed by atoms with Gasteiger partial charge >= 0.3 is 5.97 Å². The van der Waals surface area contributed by atoms with Crippen LogP contribution in [0.4, 0.5) is 0 Å². The van der Waals surface area contributed by atoms with Gasteiger partial charge in [0, 0.05) is 12.5 Å². The summed E-state index contributed by atoms with van der Waals surface area (Å²) >= 11 is 0. The first-order valence-electron chi connectivity index (χ1n) is 15.9. The van der Waals surface area contributed by atoms with Crippen molar-refractivity contribution in [2.24, 2.45) is 5.92 Å². The first kappa shape index (κ1) is 34.1. The van der Waals surface area contributed by atoms with Crippen molar-refractivity contribution in [3.63, 3.8) is 0 Å². The van der Waals surface area contributed by atoms with Gasteiger partial charge in [-0.25, -0.2) is 0 Å². The summed E-state index contributed by atoms with van der Waals surface area (Å²) in [5.74, 6) is 0.557. The summed E-state index contributed by atoms with van der Waals surface area (Å²) < 4.78 is 10.4. The van der Waals surface area contributed by atoms with Gasteiger partial charge in [0.1, 0.15) is 5.75 Å². The highest BCUT2D eigenvalue weighted by atomic mass is 16.5. The number of aliphatic hydroxyl groups excluding tert-OH is 1. The van der Waals surface area contributed by atoms with Crippen LogP contribution < -0.4 is 15.4 Å². The van der Waals surface area contributed by atoms with Crippen LogP contribution in [-0.4, -0.2) is 54.8 Å². The predicted octanol–water partition coefficient (Wildman–Crippen LogP) is 5.43. The average Bonchev–Trinajstić information content (AvgIpc) is 3.01. The van der Waals surface area contributed by atoms with Gasteiger partial charge < -0.3 is 25.2 Å². The lowest BCUT2D eigenvalue weighted by molar-refractivity contribution is -0.142. The van der Waals surface area contributed by atoms with Crippen LogP contribution in [0.2, 0.25) is 0 Å². The molecule has 0 saturated heterocycles. The smallest absolute Gasteiger partial charge is 0.306 e. The van der Waals surface area contributed by atoms with E-state index in [-0.39, 0.29) is 43.7 Å². The van der Waals surface area contributed by atoms with E-state index in [1.54, 1.807) is 0 Å². The molecule has 0 bridgehead atoms. The summed E-state index contributed by atoms with van der Waals surface area (Å²) in [5, 5.41) is 17.6. The number of hydrogen-bond acceptors (Lipinski definition) is 6. The van der Waals surface area contributed by atoms with Crippen LogP contribution in [0, 0.1) is 12.8 Å². The van der Waals surface area contributed by atoms with E-state index in [4.69, 9.17) is 4.74 Å². The topological polar surface area (TPSA) is 114 Å². The monoisotopic (exact) mass is 594 g/mol. The van der Waals surface area contributed by atoms with E-state index < -0.39 is 18.1 Å². The second-order valence-corrected chi connectivity index (χ2v) is 11.9. The number of rotatable bonds is 18. The normalized spacial score (nSPS) is 15.6. The Morgan fingerprint density at radius 1 is 0.907 bits per heavy atom. The number of carbonyl (C=O) groups is 3. The molecule has 0 spiro atoms. The van der Waals surface area contributed by atoms with Crippen molar-refractivity contribution in [1.29, 1.82) is 0 Å². The summed E-state index contributed by atoms with van der Waals surface area (Å²) in [7, 11) is 1.31. The van der Waals surface area contributed by atoms with Crippen molar-refractivity contribution in [2.45, 2.75) is 109 Å². The van der Waals surface area contributed by atoms with E-state index in [0.717, 1.165) is 36.3 Å². The molecule has 8 nitrogen and oxygen atoms in total. The third-order valence-electron chi connectivity index (χ3n) is 8.29. The second kappa shape index (κ2) is 19.0. The number of carbonyl (C=O) groups excluding carboxylic acids is 3. The number of aliphatic hydroxyl groups is 1. The molecule has 1 aliphatic carbocycles. The van der Waals surface area contributed by atoms with Crippen molar-refractivity contribution in [1.82, 2.24) is 10.6 Å². The minimum absolute atomic E-state index is 0.0109. The third-order valence-corrected chi connectivity index (χ3v) is 8.29. The quantitative estimate of drug-likeness (QED) is 0.198. The lowest BCUT2D eigenvalue weighted by Gasteiger charge is -2.29. The molecule has 3 atom stereocenters. The van der Waals surface area contributed by atoms with E-state index in [1.165, 1.54) is 39.2 Å². The van der Waals surface area contributed by atoms with Crippen LogP contribution in [0.3, 0.4) is 0 Å². The van der Waals surface area contributed by atoms with Crippen LogP contribution in [0.5, 0.6) is 5.75 Å². The van der Waals surface area contributed by atoms with Crippen LogP contribution in [-0.2, 0) is 25.5 Å². The maximum Gasteiger partial charge on any atom is 0.306 e. The molecule has 2 aromatic rings. The van der Waals surface area contributed by atoms with Crippen LogP contribution in [0.25, 0.3) is 0 Å². The molecule has 2 unspecified atom stereocenters. The van der Waals surface area contributed by atoms with Gasteiger partial charge in [-0.3, -0.25) is 14.4 Å². The molecule has 1 saturated carbocycles. The number of ether oxygens (including phenoxy) is 2. The Morgan fingerprint density at radius 3 is 2.30 bits per heavy atom. The van der Waals surface area contributed by atoms with Crippen molar-refractivity contribution in [3.8, 4) is 5.75 Å². The number of amides is 2. The Labute approximate surface area is 256 Å². The third kappa shape index (κ3) is 13.6. The molecule has 0 aromatic heterocycles. The molecule has 1 aliphatic rings. The average molecular weight is 595 g/mol. The van der Waals surface area contributed by atoms with Crippen molar-refractivity contribution in [2.75, 3.05) is 13.7 Å². The molecule has 0 aliphatic heterocycles. The van der Waals surface area contributed by atoms with Gasteiger partial charge in [0.2, 0.25) is 11.8 Å². The summed E-state index contributed by atoms with van der Waals surface area (Å²) in [5.41, 5.74) is 2.13. The van der Waals surface area contributed by atoms with Gasteiger partial charge in [0.05, 0.1) is 38.7 Å². The van der Waals surface area contributed by atoms with Crippen molar-refractivity contribution in [3.05, 3.63) is 65.7 Å². The zero-order valence-corrected chi connectivity index (χ0v) is 25.9. The van der Waals surface area contributed by atoms with Crippen LogP contribution in [0.1, 0.15) is 88.2 Å². The predicted molar refractivity (Wildman–Crippen MR) is 168 cm³/mol. The fraction of sp³-hybridized carbons (Fsp3) is 0.571. The minimum atomic E-state index is -0.886. The van der Waals surface area contributed by atoms with Crippen molar-refractivity contribution < 1.29 is 29.0 Å². The van der Waals surface area contributed by atoms with Gasteiger partial charge in [-0.1, -0.05) is 93.0 Å². The standard InChI is InChI=1S/C35H50N2O6/c1-26-16-18-30(19-17-26)43-23-22-34(40)37-31(24-28-12-7-4-8-13-28)32(38)25-29(36-33(39)20-21-35(41)42-2)15-9-14-27-10-5-3-6-11-27/h4,7-8,12-13,16-19,27,29,31-32,38H,3,5-6,9-11,14-15,20-25H2,1-2H3,(H,36,39)(H,37,40)/t29?,31?,32-/m0/s1. The van der Waals surface area contributed by atoms with Gasteiger partial charge in [-0.15, -0.1) is 0 Å². The molecule has 0 heterocycles. The molecule has 236 valence electrons. The maximum absolute atomic E-state index is 13.0.